The van der Waals surface area contributed by atoms with Crippen molar-refractivity contribution in [3.05, 3.63) is 94.5 Å². The zero-order chi connectivity index (χ0) is 33.0. The Hall–Kier alpha value is -3.47. The van der Waals surface area contributed by atoms with Crippen molar-refractivity contribution in [2.24, 2.45) is 17.8 Å². The number of anilines is 1. The first kappa shape index (κ1) is 32.1. The van der Waals surface area contributed by atoms with E-state index in [9.17, 15) is 18.3 Å². The van der Waals surface area contributed by atoms with Gasteiger partial charge in [-0.2, -0.15) is 0 Å². The Morgan fingerprint density at radius 3 is 2.68 bits per heavy atom. The number of carbonyl (C=O) groups is 1. The average Bonchev–Trinajstić information content (AvgIpc) is 3.19. The van der Waals surface area contributed by atoms with Crippen LogP contribution in [0.25, 0.3) is 0 Å². The number of ether oxygens (including phenoxy) is 1. The summed E-state index contributed by atoms with van der Waals surface area (Å²) in [7, 11) is -4.00. The second-order valence-electron chi connectivity index (χ2n) is 13.9. The van der Waals surface area contributed by atoms with Gasteiger partial charge in [-0.05, 0) is 111 Å². The molecule has 4 aliphatic rings. The largest absolute Gasteiger partial charge is 0.490 e. The smallest absolute Gasteiger partial charge is 0.264 e. The van der Waals surface area contributed by atoms with E-state index < -0.39 is 26.8 Å². The summed E-state index contributed by atoms with van der Waals surface area (Å²) in [6.45, 7) is 5.13. The fourth-order valence-electron chi connectivity index (χ4n) is 8.02. The van der Waals surface area contributed by atoms with Crippen LogP contribution in [0.2, 0.25) is 5.02 Å². The van der Waals surface area contributed by atoms with Gasteiger partial charge >= 0.3 is 0 Å². The van der Waals surface area contributed by atoms with Crippen molar-refractivity contribution in [3.8, 4) is 5.75 Å². The highest BCUT2D eigenvalue weighted by Crippen LogP contribution is 2.50. The molecular formula is C36H41ClN4O5S. The number of halogens is 1. The van der Waals surface area contributed by atoms with Gasteiger partial charge in [-0.3, -0.25) is 4.79 Å². The van der Waals surface area contributed by atoms with Gasteiger partial charge in [-0.15, -0.1) is 0 Å². The second-order valence-corrected chi connectivity index (χ2v) is 16.4. The third kappa shape index (κ3) is 5.82. The monoisotopic (exact) mass is 676 g/mol. The van der Waals surface area contributed by atoms with Crippen LogP contribution in [-0.4, -0.2) is 54.3 Å². The quantitative estimate of drug-likeness (QED) is 0.322. The molecule has 2 N–H and O–H groups in total. The first-order valence-electron chi connectivity index (χ1n) is 16.5. The number of sulfonamides is 1. The number of hydrogen-bond donors (Lipinski definition) is 2. The van der Waals surface area contributed by atoms with Crippen molar-refractivity contribution in [1.82, 2.24) is 14.7 Å². The number of carbonyl (C=O) groups excluding carboxylic acids is 1. The molecule has 7 rings (SSSR count). The summed E-state index contributed by atoms with van der Waals surface area (Å²) < 4.78 is 35.7. The summed E-state index contributed by atoms with van der Waals surface area (Å²) in [5.74, 6) is -0.0944. The van der Waals surface area contributed by atoms with Crippen LogP contribution in [0.1, 0.15) is 73.3 Å². The zero-order valence-corrected chi connectivity index (χ0v) is 28.3. The minimum Gasteiger partial charge on any atom is -0.490 e. The molecule has 11 heteroatoms. The molecule has 1 aromatic heterocycles. The van der Waals surface area contributed by atoms with E-state index in [1.165, 1.54) is 11.1 Å². The van der Waals surface area contributed by atoms with E-state index in [0.29, 0.717) is 42.7 Å². The topological polar surface area (TPSA) is 122 Å². The molecule has 6 atom stereocenters. The zero-order valence-electron chi connectivity index (χ0n) is 26.7. The van der Waals surface area contributed by atoms with Gasteiger partial charge in [0.1, 0.15) is 11.4 Å². The number of nitrogens with one attached hydrogen (secondary N) is 1. The van der Waals surface area contributed by atoms with Crippen molar-refractivity contribution < 1.29 is 23.1 Å². The number of aryl methyl sites for hydroxylation is 1. The molecule has 2 bridgehead atoms. The van der Waals surface area contributed by atoms with Gasteiger partial charge in [0, 0.05) is 47.4 Å². The fraction of sp³-hybridized carbons (Fsp3) is 0.472. The summed E-state index contributed by atoms with van der Waals surface area (Å²) >= 11 is 6.43. The average molecular weight is 677 g/mol. The van der Waals surface area contributed by atoms with Crippen molar-refractivity contribution in [3.63, 3.8) is 0 Å². The lowest BCUT2D eigenvalue weighted by atomic mass is 9.63. The van der Waals surface area contributed by atoms with E-state index in [2.05, 4.69) is 31.7 Å². The summed E-state index contributed by atoms with van der Waals surface area (Å²) in [5.41, 5.74) is 1.68. The molecule has 2 aliphatic heterocycles. The van der Waals surface area contributed by atoms with Crippen LogP contribution in [-0.2, 0) is 27.5 Å². The highest BCUT2D eigenvalue weighted by molar-refractivity contribution is 7.90. The Balaban J connectivity index is 1.35. The van der Waals surface area contributed by atoms with Crippen molar-refractivity contribution in [2.75, 3.05) is 24.6 Å². The number of nitrogens with zero attached hydrogens (tertiary/aromatic N) is 3. The molecule has 1 fully saturated rings. The normalized spacial score (nSPS) is 32.5. The van der Waals surface area contributed by atoms with Gasteiger partial charge in [0.15, 0.2) is 5.82 Å². The van der Waals surface area contributed by atoms with Crippen LogP contribution in [0.3, 0.4) is 0 Å². The van der Waals surface area contributed by atoms with Crippen molar-refractivity contribution in [2.45, 2.75) is 68.6 Å². The van der Waals surface area contributed by atoms with Crippen LogP contribution < -0.4 is 14.4 Å². The highest BCUT2D eigenvalue weighted by atomic mass is 35.5. The summed E-state index contributed by atoms with van der Waals surface area (Å²) in [5, 5.41) is 12.3. The minimum atomic E-state index is -4.00. The van der Waals surface area contributed by atoms with Gasteiger partial charge in [0.2, 0.25) is 10.0 Å². The molecule has 1 amide bonds. The summed E-state index contributed by atoms with van der Waals surface area (Å²) in [4.78, 5) is 24.8. The Morgan fingerprint density at radius 1 is 1.11 bits per heavy atom. The Bertz CT molecular complexity index is 1820. The first-order chi connectivity index (χ1) is 22.5. The lowest BCUT2D eigenvalue weighted by Gasteiger charge is -2.48. The number of aromatic nitrogens is 2. The number of benzene rings is 2. The molecule has 3 heterocycles. The predicted molar refractivity (Wildman–Crippen MR) is 181 cm³/mol. The number of amides is 1. The van der Waals surface area contributed by atoms with Crippen LogP contribution in [0.5, 0.6) is 5.75 Å². The number of allylic oxidation sites excluding steroid dienone is 1. The Morgan fingerprint density at radius 2 is 1.91 bits per heavy atom. The molecule has 47 heavy (non-hydrogen) atoms. The van der Waals surface area contributed by atoms with Crippen LogP contribution in [0.15, 0.2) is 67.0 Å². The fourth-order valence-corrected chi connectivity index (χ4v) is 9.50. The van der Waals surface area contributed by atoms with E-state index in [4.69, 9.17) is 16.3 Å². The third-order valence-electron chi connectivity index (χ3n) is 11.1. The molecule has 0 radical (unpaired) electrons. The number of hydrogen-bond acceptors (Lipinski definition) is 8. The number of fused-ring (bicyclic) bond motifs is 4. The highest BCUT2D eigenvalue weighted by Gasteiger charge is 2.50. The van der Waals surface area contributed by atoms with Crippen molar-refractivity contribution >= 4 is 33.2 Å². The molecule has 248 valence electrons. The lowest BCUT2D eigenvalue weighted by molar-refractivity contribution is -0.0561. The van der Waals surface area contributed by atoms with Gasteiger partial charge in [-0.1, -0.05) is 30.7 Å². The standard InChI is InChI=1S/C36H41ClN4O5S/c1-23-6-3-15-36(43,34-38-16-5-17-39-34)30-11-8-27(30)20-41-21-35(14-4-7-25-18-28(37)10-12-29(25)35)22-46-32-13-9-26(19-31(32)41)33(42)40-47(44,45)24(23)2/h3,5,9-10,12-13,15-19,23-24,27,30,43H,4,6-8,11,14,20-22H2,1-2H3,(H,40,42)/b15-3+/t23-,24+,27-,30+,35-,36+/m0/s1. The molecule has 0 saturated heterocycles. The van der Waals surface area contributed by atoms with Gasteiger partial charge in [-0.25, -0.2) is 23.1 Å². The molecular weight excluding hydrogens is 636 g/mol. The second kappa shape index (κ2) is 12.2. The van der Waals surface area contributed by atoms with Gasteiger partial charge < -0.3 is 14.7 Å². The number of rotatable bonds is 1. The molecule has 2 aromatic carbocycles. The molecule has 3 aromatic rings. The summed E-state index contributed by atoms with van der Waals surface area (Å²) in [6, 6.07) is 13.0. The first-order valence-corrected chi connectivity index (χ1v) is 18.5. The van der Waals surface area contributed by atoms with E-state index in [1.54, 1.807) is 49.7 Å². The van der Waals surface area contributed by atoms with Gasteiger partial charge in [0.25, 0.3) is 5.91 Å². The van der Waals surface area contributed by atoms with E-state index >= 15 is 0 Å². The van der Waals surface area contributed by atoms with E-state index in [1.807, 2.05) is 19.1 Å². The minimum absolute atomic E-state index is 0.0897. The van der Waals surface area contributed by atoms with E-state index in [-0.39, 0.29) is 28.7 Å². The molecule has 0 unspecified atom stereocenters. The Labute approximate surface area is 281 Å². The van der Waals surface area contributed by atoms with Gasteiger partial charge in [0.05, 0.1) is 17.5 Å². The summed E-state index contributed by atoms with van der Waals surface area (Å²) in [6.07, 6.45) is 11.8. The molecule has 9 nitrogen and oxygen atoms in total. The Kier molecular flexibility index (Phi) is 8.33. The van der Waals surface area contributed by atoms with Crippen LogP contribution in [0, 0.1) is 17.8 Å². The predicted octanol–water partition coefficient (Wildman–Crippen LogP) is 5.56. The number of aliphatic hydroxyl groups is 1. The maximum atomic E-state index is 13.5. The lowest BCUT2D eigenvalue weighted by Crippen LogP contribution is -2.52. The van der Waals surface area contributed by atoms with Crippen LogP contribution >= 0.6 is 11.6 Å². The molecule has 1 saturated carbocycles. The van der Waals surface area contributed by atoms with Crippen molar-refractivity contribution in [1.29, 1.82) is 0 Å². The van der Waals surface area contributed by atoms with E-state index in [0.717, 1.165) is 37.8 Å². The third-order valence-corrected chi connectivity index (χ3v) is 13.2. The SMILES string of the molecule is C[C@@H]1[C@@H](C)C/C=C/[C@](O)(c2ncccn2)[C@@H]2CC[C@H]2CN2C[C@@]3(CCCc4cc(Cl)ccc43)COc3ccc(cc32)C(=O)NS1(=O)=O. The maximum absolute atomic E-state index is 13.5. The molecule has 1 spiro atoms. The van der Waals surface area contributed by atoms with Crippen LogP contribution in [0.4, 0.5) is 5.69 Å². The molecule has 2 aliphatic carbocycles. The maximum Gasteiger partial charge on any atom is 0.264 e.